The number of rotatable bonds is 3. The summed E-state index contributed by atoms with van der Waals surface area (Å²) in [6.45, 7) is 0. The third-order valence-corrected chi connectivity index (χ3v) is 3.15. The van der Waals surface area contributed by atoms with E-state index in [1.54, 1.807) is 0 Å². The van der Waals surface area contributed by atoms with Crippen LogP contribution < -0.4 is 0 Å². The van der Waals surface area contributed by atoms with Crippen LogP contribution in [0.5, 0.6) is 0 Å². The van der Waals surface area contributed by atoms with Gasteiger partial charge in [-0.05, 0) is 23.8 Å². The van der Waals surface area contributed by atoms with Gasteiger partial charge in [0.25, 0.3) is 0 Å². The van der Waals surface area contributed by atoms with E-state index in [2.05, 4.69) is 4.99 Å². The summed E-state index contributed by atoms with van der Waals surface area (Å²) in [6.07, 6.45) is -4.27. The first-order chi connectivity index (χ1) is 9.86. The second-order valence-electron chi connectivity index (χ2n) is 4.31. The van der Waals surface area contributed by atoms with E-state index in [4.69, 9.17) is 23.2 Å². The molecule has 0 aromatic heterocycles. The average molecular weight is 332 g/mol. The van der Waals surface area contributed by atoms with Gasteiger partial charge in [-0.25, -0.2) is 4.99 Å². The molecule has 2 rings (SSSR count). The van der Waals surface area contributed by atoms with Gasteiger partial charge in [-0.2, -0.15) is 13.2 Å². The van der Waals surface area contributed by atoms with Gasteiger partial charge in [0.15, 0.2) is 0 Å². The van der Waals surface area contributed by atoms with Crippen LogP contribution in [0.25, 0.3) is 0 Å². The standard InChI is InChI=1S/C15H10Cl2F3N/c16-11-6-7-13(12(9-11)15(18,19)20)21-14(17)8-10-4-2-1-3-5-10/h1-7,9H,8H2/b21-14-. The fourth-order valence-corrected chi connectivity index (χ4v) is 2.18. The Kier molecular flexibility index (Phi) is 4.91. The van der Waals surface area contributed by atoms with Crippen molar-refractivity contribution < 1.29 is 13.2 Å². The number of alkyl halides is 3. The highest BCUT2D eigenvalue weighted by molar-refractivity contribution is 6.65. The quantitative estimate of drug-likeness (QED) is 0.623. The molecule has 2 aromatic carbocycles. The molecule has 0 aliphatic carbocycles. The number of nitrogens with zero attached hydrogens (tertiary/aromatic N) is 1. The van der Waals surface area contributed by atoms with Crippen molar-refractivity contribution in [1.82, 2.24) is 0 Å². The van der Waals surface area contributed by atoms with Crippen molar-refractivity contribution in [3.8, 4) is 0 Å². The van der Waals surface area contributed by atoms with Gasteiger partial charge in [0.05, 0.1) is 11.3 Å². The summed E-state index contributed by atoms with van der Waals surface area (Å²) < 4.78 is 38.8. The molecule has 6 heteroatoms. The van der Waals surface area contributed by atoms with E-state index < -0.39 is 11.7 Å². The highest BCUT2D eigenvalue weighted by atomic mass is 35.5. The maximum atomic E-state index is 12.9. The molecule has 0 radical (unpaired) electrons. The summed E-state index contributed by atoms with van der Waals surface area (Å²) in [7, 11) is 0. The van der Waals surface area contributed by atoms with E-state index >= 15 is 0 Å². The predicted octanol–water partition coefficient (Wildman–Crippen LogP) is 5.87. The van der Waals surface area contributed by atoms with Crippen LogP contribution >= 0.6 is 23.2 Å². The Morgan fingerprint density at radius 3 is 2.33 bits per heavy atom. The average Bonchev–Trinajstić information content (AvgIpc) is 2.40. The van der Waals surface area contributed by atoms with E-state index in [1.165, 1.54) is 12.1 Å². The monoisotopic (exact) mass is 331 g/mol. The lowest BCUT2D eigenvalue weighted by molar-refractivity contribution is -0.137. The third-order valence-electron chi connectivity index (χ3n) is 2.70. The van der Waals surface area contributed by atoms with Crippen molar-refractivity contribution in [3.05, 3.63) is 64.7 Å². The van der Waals surface area contributed by atoms with Crippen LogP contribution in [0.15, 0.2) is 53.5 Å². The first-order valence-corrected chi connectivity index (χ1v) is 6.75. The maximum Gasteiger partial charge on any atom is 0.418 e. The molecule has 0 unspecified atom stereocenters. The molecule has 21 heavy (non-hydrogen) atoms. The van der Waals surface area contributed by atoms with Crippen molar-refractivity contribution in [2.24, 2.45) is 4.99 Å². The van der Waals surface area contributed by atoms with Gasteiger partial charge in [-0.3, -0.25) is 0 Å². The van der Waals surface area contributed by atoms with Crippen molar-refractivity contribution in [3.63, 3.8) is 0 Å². The van der Waals surface area contributed by atoms with E-state index in [-0.39, 0.29) is 22.3 Å². The van der Waals surface area contributed by atoms with Crippen LogP contribution in [0.1, 0.15) is 11.1 Å². The summed E-state index contributed by atoms with van der Waals surface area (Å²) in [5.41, 5.74) is -0.275. The number of aliphatic imine (C=N–C) groups is 1. The van der Waals surface area contributed by atoms with Gasteiger partial charge >= 0.3 is 6.18 Å². The first kappa shape index (κ1) is 15.9. The van der Waals surface area contributed by atoms with Crippen LogP contribution in [0, 0.1) is 0 Å². The molecule has 0 N–H and O–H groups in total. The Balaban J connectivity index is 2.32. The van der Waals surface area contributed by atoms with Gasteiger partial charge in [0, 0.05) is 11.4 Å². The second-order valence-corrected chi connectivity index (χ2v) is 5.18. The minimum atomic E-state index is -4.53. The lowest BCUT2D eigenvalue weighted by Crippen LogP contribution is -2.05. The molecule has 110 valence electrons. The molecule has 0 atom stereocenters. The largest absolute Gasteiger partial charge is 0.418 e. The van der Waals surface area contributed by atoms with E-state index in [1.807, 2.05) is 30.3 Å². The van der Waals surface area contributed by atoms with Crippen LogP contribution in [0.4, 0.5) is 18.9 Å². The highest BCUT2D eigenvalue weighted by Crippen LogP contribution is 2.38. The summed E-state index contributed by atoms with van der Waals surface area (Å²) in [6, 6.07) is 12.5. The zero-order chi connectivity index (χ0) is 15.5. The highest BCUT2D eigenvalue weighted by Gasteiger charge is 2.33. The van der Waals surface area contributed by atoms with Crippen molar-refractivity contribution in [2.75, 3.05) is 0 Å². The molecular weight excluding hydrogens is 322 g/mol. The molecule has 0 aliphatic heterocycles. The molecule has 0 heterocycles. The molecule has 0 amide bonds. The predicted molar refractivity (Wildman–Crippen MR) is 79.5 cm³/mol. The fraction of sp³-hybridized carbons (Fsp3) is 0.133. The van der Waals surface area contributed by atoms with Crippen LogP contribution in [-0.2, 0) is 12.6 Å². The molecule has 1 nitrogen and oxygen atoms in total. The SMILES string of the molecule is FC(F)(F)c1cc(Cl)ccc1/N=C(\Cl)Cc1ccccc1. The van der Waals surface area contributed by atoms with Gasteiger partial charge in [0.2, 0.25) is 0 Å². The third kappa shape index (κ3) is 4.48. The van der Waals surface area contributed by atoms with Gasteiger partial charge < -0.3 is 0 Å². The zero-order valence-electron chi connectivity index (χ0n) is 10.7. The van der Waals surface area contributed by atoms with E-state index in [0.717, 1.165) is 11.6 Å². The molecule has 0 saturated heterocycles. The molecule has 0 aliphatic rings. The van der Waals surface area contributed by atoms with E-state index in [9.17, 15) is 13.2 Å². The number of benzene rings is 2. The van der Waals surface area contributed by atoms with Crippen LogP contribution in [0.3, 0.4) is 0 Å². The molecule has 2 aromatic rings. The van der Waals surface area contributed by atoms with Gasteiger partial charge in [0.1, 0.15) is 5.17 Å². The topological polar surface area (TPSA) is 12.4 Å². The zero-order valence-corrected chi connectivity index (χ0v) is 12.2. The lowest BCUT2D eigenvalue weighted by atomic mass is 10.1. The molecular formula is C15H10Cl2F3N. The second kappa shape index (κ2) is 6.50. The summed E-state index contributed by atoms with van der Waals surface area (Å²) in [5, 5.41) is 0.0782. The van der Waals surface area contributed by atoms with Gasteiger partial charge in [-0.15, -0.1) is 0 Å². The lowest BCUT2D eigenvalue weighted by Gasteiger charge is -2.10. The van der Waals surface area contributed by atoms with E-state index in [0.29, 0.717) is 0 Å². The Morgan fingerprint density at radius 1 is 1.05 bits per heavy atom. The van der Waals surface area contributed by atoms with Crippen LogP contribution in [0.2, 0.25) is 5.02 Å². The number of hydrogen-bond donors (Lipinski definition) is 0. The summed E-state index contributed by atoms with van der Waals surface area (Å²) in [4.78, 5) is 3.87. The van der Waals surface area contributed by atoms with Crippen molar-refractivity contribution in [2.45, 2.75) is 12.6 Å². The Hall–Kier alpha value is -1.52. The minimum Gasteiger partial charge on any atom is -0.240 e. The normalized spacial score (nSPS) is 12.5. The maximum absolute atomic E-state index is 12.9. The van der Waals surface area contributed by atoms with Crippen molar-refractivity contribution >= 4 is 34.1 Å². The fourth-order valence-electron chi connectivity index (χ4n) is 1.77. The molecule has 0 fully saturated rings. The molecule has 0 bridgehead atoms. The Labute approximate surface area is 130 Å². The summed E-state index contributed by atoms with van der Waals surface area (Å²) >= 11 is 11.6. The Bertz CT molecular complexity index is 652. The van der Waals surface area contributed by atoms with Crippen LogP contribution in [-0.4, -0.2) is 5.17 Å². The first-order valence-electron chi connectivity index (χ1n) is 6.00. The van der Waals surface area contributed by atoms with Crippen molar-refractivity contribution in [1.29, 1.82) is 0 Å². The minimum absolute atomic E-state index is 0.000423. The summed E-state index contributed by atoms with van der Waals surface area (Å²) in [5.74, 6) is 0. The van der Waals surface area contributed by atoms with Gasteiger partial charge in [-0.1, -0.05) is 53.5 Å². The molecule has 0 spiro atoms. The number of hydrogen-bond acceptors (Lipinski definition) is 1. The Morgan fingerprint density at radius 2 is 1.71 bits per heavy atom. The molecule has 0 saturated carbocycles. The smallest absolute Gasteiger partial charge is 0.240 e. The number of halogens is 5.